The number of phenols is 3. The molecule has 23 heteroatoms. The number of carboxylic acids is 1. The van der Waals surface area contributed by atoms with Crippen molar-refractivity contribution in [1.82, 2.24) is 0 Å². The van der Waals surface area contributed by atoms with Gasteiger partial charge >= 0.3 is 23.3 Å². The molecule has 14 unspecified atom stereocenters. The maximum atomic E-state index is 11.8. The lowest BCUT2D eigenvalue weighted by molar-refractivity contribution is -0.344. The van der Waals surface area contributed by atoms with Gasteiger partial charge in [-0.2, -0.15) is 0 Å². The van der Waals surface area contributed by atoms with Crippen molar-refractivity contribution in [3.05, 3.63) is 36.4 Å². The average Bonchev–Trinajstić information content (AvgIpc) is 3.17. The summed E-state index contributed by atoms with van der Waals surface area (Å²) in [6.07, 6.45) is -26.1. The van der Waals surface area contributed by atoms with Crippen LogP contribution in [0.15, 0.2) is 40.8 Å². The number of carboxylic acid groups (broad SMARTS) is 1. The number of fused-ring (bicyclic) bond motifs is 1. The van der Waals surface area contributed by atoms with Gasteiger partial charge in [-0.3, -0.25) is 9.59 Å². The van der Waals surface area contributed by atoms with Gasteiger partial charge in [-0.15, -0.1) is 0 Å². The monoisotopic (exact) mass is 829 g/mol. The van der Waals surface area contributed by atoms with Crippen molar-refractivity contribution in [2.75, 3.05) is 19.8 Å². The van der Waals surface area contributed by atoms with Crippen molar-refractivity contribution in [3.63, 3.8) is 0 Å². The van der Waals surface area contributed by atoms with Gasteiger partial charge in [-0.25, -0.2) is 4.42 Å². The van der Waals surface area contributed by atoms with Crippen LogP contribution in [-0.4, -0.2) is 184 Å². The molecule has 0 amide bonds. The van der Waals surface area contributed by atoms with E-state index in [2.05, 4.69) is 0 Å². The lowest BCUT2D eigenvalue weighted by Crippen LogP contribution is -2.63. The van der Waals surface area contributed by atoms with Crippen LogP contribution >= 0.6 is 0 Å². The first-order valence-electron chi connectivity index (χ1n) is 17.5. The van der Waals surface area contributed by atoms with Crippen LogP contribution < -0.4 is 9.47 Å². The Balaban J connectivity index is 1.39. The minimum absolute atomic E-state index is 0.0113. The summed E-state index contributed by atoms with van der Waals surface area (Å²) >= 11 is 0. The van der Waals surface area contributed by atoms with Crippen LogP contribution in [0.1, 0.15) is 6.42 Å². The molecule has 1 aromatic heterocycles. The SMILES string of the molecule is O=C(O)CC(=O)OCC1OC(Oc2cc(O)cc3[o+]c(-c4ccc(O)c(O)c4)c(OC4OC(CO)C(O)C(O)C4OC4OCC(O)C(O)C4O)cc23)C(O)C(O)C1O. The number of ether oxygens (including phenoxy) is 7. The molecule has 3 fully saturated rings. The summed E-state index contributed by atoms with van der Waals surface area (Å²) in [6, 6.07) is 6.72. The van der Waals surface area contributed by atoms with Gasteiger partial charge in [0.15, 0.2) is 23.9 Å². The van der Waals surface area contributed by atoms with E-state index in [9.17, 15) is 70.9 Å². The summed E-state index contributed by atoms with van der Waals surface area (Å²) in [5.74, 6) is -5.35. The van der Waals surface area contributed by atoms with Crippen LogP contribution in [0.4, 0.5) is 0 Å². The quantitative estimate of drug-likeness (QED) is 0.0362. The lowest BCUT2D eigenvalue weighted by atomic mass is 9.98. The number of hydrogen-bond acceptors (Lipinski definition) is 21. The molecule has 0 spiro atoms. The molecule has 2 aromatic carbocycles. The third-order valence-electron chi connectivity index (χ3n) is 9.47. The molecule has 3 aromatic rings. The smallest absolute Gasteiger partial charge is 0.402 e. The van der Waals surface area contributed by atoms with Crippen LogP contribution in [0, 0.1) is 0 Å². The van der Waals surface area contributed by atoms with Crippen LogP contribution in [0.3, 0.4) is 0 Å². The number of hydrogen-bond donors (Lipinski definition) is 13. The summed E-state index contributed by atoms with van der Waals surface area (Å²) in [5, 5.41) is 134. The Hall–Kier alpha value is -4.73. The van der Waals surface area contributed by atoms with E-state index in [1.54, 1.807) is 0 Å². The zero-order valence-electron chi connectivity index (χ0n) is 29.8. The molecule has 0 radical (unpaired) electrons. The fourth-order valence-corrected chi connectivity index (χ4v) is 6.32. The minimum atomic E-state index is -1.99. The molecule has 6 rings (SSSR count). The Morgan fingerprint density at radius 1 is 0.724 bits per heavy atom. The molecule has 0 saturated carbocycles. The molecule has 14 atom stereocenters. The number of aliphatic hydroxyl groups excluding tert-OH is 9. The van der Waals surface area contributed by atoms with E-state index >= 15 is 0 Å². The van der Waals surface area contributed by atoms with Crippen LogP contribution in [-0.2, 0) is 33.3 Å². The predicted molar refractivity (Wildman–Crippen MR) is 183 cm³/mol. The third kappa shape index (κ3) is 8.96. The second-order valence-electron chi connectivity index (χ2n) is 13.6. The highest BCUT2D eigenvalue weighted by Crippen LogP contribution is 2.43. The van der Waals surface area contributed by atoms with E-state index < -0.39 is 141 Å². The number of aliphatic carboxylic acids is 1. The van der Waals surface area contributed by atoms with Crippen molar-refractivity contribution in [1.29, 1.82) is 0 Å². The first-order chi connectivity index (χ1) is 27.5. The zero-order valence-corrected chi connectivity index (χ0v) is 29.8. The molecule has 318 valence electrons. The number of benzene rings is 2. The molecule has 3 saturated heterocycles. The van der Waals surface area contributed by atoms with Gasteiger partial charge in [0.05, 0.1) is 24.8 Å². The highest BCUT2D eigenvalue weighted by molar-refractivity contribution is 5.90. The number of carbonyl (C=O) groups excluding carboxylic acids is 1. The Kier molecular flexibility index (Phi) is 13.0. The second-order valence-corrected chi connectivity index (χ2v) is 13.6. The van der Waals surface area contributed by atoms with Gasteiger partial charge in [0.2, 0.25) is 18.3 Å². The van der Waals surface area contributed by atoms with E-state index in [0.717, 1.165) is 24.3 Å². The fraction of sp³-hybridized carbons (Fsp3) is 0.514. The topological polar surface area (TPSA) is 373 Å². The van der Waals surface area contributed by atoms with E-state index in [4.69, 9.17) is 42.7 Å². The third-order valence-corrected chi connectivity index (χ3v) is 9.47. The Labute approximate surface area is 325 Å². The zero-order chi connectivity index (χ0) is 42.2. The van der Waals surface area contributed by atoms with E-state index in [0.29, 0.717) is 0 Å². The van der Waals surface area contributed by atoms with Gasteiger partial charge in [-0.05, 0) is 12.1 Å². The van der Waals surface area contributed by atoms with Crippen molar-refractivity contribution in [2.45, 2.75) is 92.4 Å². The standard InChI is InChI=1S/C35H40O23/c36-8-20-25(45)28(48)32(58-33-29(49)24(44)16(40)9-52-33)35(56-20)55-19-6-13-17(53-31(19)11-1-2-14(38)15(39)3-11)4-12(37)5-18(13)54-34-30(50)27(47)26(46)21(57-34)10-51-23(43)7-22(41)42/h1-6,16,20-21,24-30,32-36,40,44-50H,7-10H2,(H3-,37,38,39,41,42)/p+1. The average molecular weight is 830 g/mol. The summed E-state index contributed by atoms with van der Waals surface area (Å²) in [4.78, 5) is 22.7. The summed E-state index contributed by atoms with van der Waals surface area (Å²) in [6.45, 7) is -2.16. The summed E-state index contributed by atoms with van der Waals surface area (Å²) in [5.41, 5.74) is -0.181. The summed E-state index contributed by atoms with van der Waals surface area (Å²) < 4.78 is 45.3. The molecule has 0 bridgehead atoms. The minimum Gasteiger partial charge on any atom is -0.507 e. The molecular formula is C35H41O23+. The largest absolute Gasteiger partial charge is 0.507 e. The first kappa shape index (κ1) is 42.9. The highest BCUT2D eigenvalue weighted by atomic mass is 16.8. The molecule has 58 heavy (non-hydrogen) atoms. The van der Waals surface area contributed by atoms with E-state index in [1.807, 2.05) is 0 Å². The molecule has 3 aliphatic heterocycles. The van der Waals surface area contributed by atoms with E-state index in [-0.39, 0.29) is 33.8 Å². The Morgan fingerprint density at radius 3 is 2.09 bits per heavy atom. The van der Waals surface area contributed by atoms with Crippen molar-refractivity contribution >= 4 is 22.9 Å². The van der Waals surface area contributed by atoms with Crippen molar-refractivity contribution in [3.8, 4) is 40.1 Å². The fourth-order valence-electron chi connectivity index (χ4n) is 6.32. The molecule has 23 nitrogen and oxygen atoms in total. The van der Waals surface area contributed by atoms with Crippen LogP contribution in [0.25, 0.3) is 22.3 Å². The molecule has 4 heterocycles. The second kappa shape index (κ2) is 17.6. The number of carbonyl (C=O) groups is 2. The van der Waals surface area contributed by atoms with Gasteiger partial charge in [0.1, 0.15) is 91.0 Å². The van der Waals surface area contributed by atoms with Crippen LogP contribution in [0.2, 0.25) is 0 Å². The molecular weight excluding hydrogens is 788 g/mol. The first-order valence-corrected chi connectivity index (χ1v) is 17.5. The van der Waals surface area contributed by atoms with Gasteiger partial charge in [0.25, 0.3) is 0 Å². The normalized spacial score (nSPS) is 34.0. The Morgan fingerprint density at radius 2 is 1.40 bits per heavy atom. The number of phenolic OH excluding ortho intramolecular Hbond substituents is 3. The van der Waals surface area contributed by atoms with Gasteiger partial charge < -0.3 is 99.5 Å². The Bertz CT molecular complexity index is 1940. The number of esters is 1. The summed E-state index contributed by atoms with van der Waals surface area (Å²) in [7, 11) is 0. The maximum Gasteiger partial charge on any atom is 0.402 e. The van der Waals surface area contributed by atoms with Crippen LogP contribution in [0.5, 0.6) is 28.7 Å². The van der Waals surface area contributed by atoms with Gasteiger partial charge in [-0.1, -0.05) is 0 Å². The lowest BCUT2D eigenvalue weighted by Gasteiger charge is -2.44. The molecule has 3 aliphatic rings. The van der Waals surface area contributed by atoms with E-state index in [1.165, 1.54) is 12.1 Å². The highest BCUT2D eigenvalue weighted by Gasteiger charge is 2.51. The van der Waals surface area contributed by atoms with Crippen molar-refractivity contribution < 1.29 is 114 Å². The molecule has 13 N–H and O–H groups in total. The number of aliphatic hydroxyl groups is 9. The maximum absolute atomic E-state index is 11.8. The number of aromatic hydroxyl groups is 3. The van der Waals surface area contributed by atoms with Crippen molar-refractivity contribution in [2.24, 2.45) is 0 Å². The molecule has 0 aliphatic carbocycles. The predicted octanol–water partition coefficient (Wildman–Crippen LogP) is -3.66. The van der Waals surface area contributed by atoms with Gasteiger partial charge in [0, 0.05) is 18.2 Å². The number of rotatable bonds is 12.